The summed E-state index contributed by atoms with van der Waals surface area (Å²) >= 11 is 0. The van der Waals surface area contributed by atoms with Gasteiger partial charge in [0.25, 0.3) is 10.0 Å². The molecular weight excluding hydrogens is 346 g/mol. The Kier molecular flexibility index (Phi) is 7.12. The lowest BCUT2D eigenvalue weighted by molar-refractivity contribution is 0.00217. The van der Waals surface area contributed by atoms with Gasteiger partial charge in [-0.3, -0.25) is 4.84 Å². The normalized spacial score (nSPS) is 11.8. The van der Waals surface area contributed by atoms with Gasteiger partial charge in [-0.25, -0.2) is 14.3 Å². The molecule has 2 aromatic rings. The number of hydrogen-bond donors (Lipinski definition) is 2. The highest BCUT2D eigenvalue weighted by Gasteiger charge is 2.18. The number of rotatable bonds is 10. The Morgan fingerprint density at radius 3 is 2.40 bits per heavy atom. The molecule has 0 aliphatic rings. The van der Waals surface area contributed by atoms with Crippen molar-refractivity contribution in [1.29, 1.82) is 0 Å². The van der Waals surface area contributed by atoms with Crippen LogP contribution in [0.1, 0.15) is 0 Å². The van der Waals surface area contributed by atoms with Gasteiger partial charge in [-0.05, 0) is 12.1 Å². The molecule has 0 amide bonds. The molecule has 0 aliphatic heterocycles. The molecule has 0 aromatic heterocycles. The quantitative estimate of drug-likeness (QED) is 0.476. The molecule has 0 spiro atoms. The minimum atomic E-state index is -3.82. The molecule has 138 valence electrons. The fraction of sp³-hybridized carbons (Fsp3) is 0.375. The molecule has 2 aromatic carbocycles. The van der Waals surface area contributed by atoms with Gasteiger partial charge >= 0.3 is 0 Å². The summed E-state index contributed by atoms with van der Waals surface area (Å²) in [4.78, 5) is 13.6. The van der Waals surface area contributed by atoms with Gasteiger partial charge in [0.1, 0.15) is 0 Å². The number of hydrogen-bond acceptors (Lipinski definition) is 7. The van der Waals surface area contributed by atoms with Gasteiger partial charge in [-0.1, -0.05) is 29.2 Å². The van der Waals surface area contributed by atoms with Crippen molar-refractivity contribution in [1.82, 2.24) is 4.89 Å². The molecule has 9 heteroatoms. The first-order valence-corrected chi connectivity index (χ1v) is 9.18. The van der Waals surface area contributed by atoms with Gasteiger partial charge in [0.15, 0.2) is 0 Å². The van der Waals surface area contributed by atoms with Crippen molar-refractivity contribution in [2.45, 2.75) is 4.90 Å². The largest absolute Gasteiger partial charge is 0.377 e. The van der Waals surface area contributed by atoms with E-state index in [4.69, 9.17) is 15.5 Å². The predicted molar refractivity (Wildman–Crippen MR) is 95.5 cm³/mol. The van der Waals surface area contributed by atoms with Crippen LogP contribution in [0.5, 0.6) is 0 Å². The lowest BCUT2D eigenvalue weighted by Crippen LogP contribution is -2.26. The van der Waals surface area contributed by atoms with Gasteiger partial charge in [0.05, 0.1) is 31.3 Å². The molecule has 0 radical (unpaired) electrons. The van der Waals surface area contributed by atoms with Crippen molar-refractivity contribution in [2.24, 2.45) is 5.90 Å². The first-order valence-electron chi connectivity index (χ1n) is 7.69. The Labute approximate surface area is 147 Å². The number of nitrogens with zero attached hydrogens (tertiary/aromatic N) is 1. The van der Waals surface area contributed by atoms with Crippen LogP contribution in [0.3, 0.4) is 0 Å². The van der Waals surface area contributed by atoms with Crippen LogP contribution in [0, 0.1) is 0 Å². The highest BCUT2D eigenvalue weighted by Crippen LogP contribution is 2.29. The van der Waals surface area contributed by atoms with Crippen LogP contribution < -0.4 is 15.7 Å². The summed E-state index contributed by atoms with van der Waals surface area (Å²) in [5.41, 5.74) is 0.936. The van der Waals surface area contributed by atoms with E-state index in [0.29, 0.717) is 12.0 Å². The third kappa shape index (κ3) is 5.11. The van der Waals surface area contributed by atoms with E-state index < -0.39 is 10.0 Å². The smallest absolute Gasteiger partial charge is 0.263 e. The predicted octanol–water partition coefficient (Wildman–Crippen LogP) is 1.02. The molecular formula is C16H23N3O5S. The molecule has 2 rings (SSSR count). The van der Waals surface area contributed by atoms with Crippen LogP contribution in [0.4, 0.5) is 5.69 Å². The average Bonchev–Trinajstić information content (AvgIpc) is 2.59. The van der Waals surface area contributed by atoms with Crippen LogP contribution in [-0.4, -0.2) is 48.9 Å². The number of benzene rings is 2. The van der Waals surface area contributed by atoms with Crippen molar-refractivity contribution in [3.05, 3.63) is 36.4 Å². The zero-order valence-corrected chi connectivity index (χ0v) is 15.1. The first-order chi connectivity index (χ1) is 12.0. The molecule has 25 heavy (non-hydrogen) atoms. The van der Waals surface area contributed by atoms with Crippen molar-refractivity contribution in [3.63, 3.8) is 0 Å². The van der Waals surface area contributed by atoms with Gasteiger partial charge in [-0.2, -0.15) is 0 Å². The highest BCUT2D eigenvalue weighted by atomic mass is 32.2. The summed E-state index contributed by atoms with van der Waals surface area (Å²) in [5.74, 6) is 4.86. The van der Waals surface area contributed by atoms with Gasteiger partial charge < -0.3 is 14.5 Å². The third-order valence-corrected chi connectivity index (χ3v) is 4.75. The third-order valence-electron chi connectivity index (χ3n) is 3.47. The summed E-state index contributed by atoms with van der Waals surface area (Å²) in [5, 5.41) is 1.47. The van der Waals surface area contributed by atoms with Gasteiger partial charge in [-0.15, -0.1) is 0 Å². The Bertz CT molecular complexity index is 795. The summed E-state index contributed by atoms with van der Waals surface area (Å²) in [6, 6.07) is 10.7. The zero-order chi connectivity index (χ0) is 18.3. The Morgan fingerprint density at radius 2 is 1.68 bits per heavy atom. The number of nitrogens with one attached hydrogen (secondary N) is 1. The Balaban J connectivity index is 2.10. The maximum absolute atomic E-state index is 12.5. The Hall–Kier alpha value is -1.75. The Morgan fingerprint density at radius 1 is 1.00 bits per heavy atom. The molecule has 0 bridgehead atoms. The van der Waals surface area contributed by atoms with E-state index in [0.717, 1.165) is 11.1 Å². The number of anilines is 1. The average molecular weight is 369 g/mol. The molecule has 0 aliphatic carbocycles. The minimum absolute atomic E-state index is 0.0670. The lowest BCUT2D eigenvalue weighted by Gasteiger charge is -2.17. The number of nitrogens with two attached hydrogens (primary N) is 1. The van der Waals surface area contributed by atoms with E-state index in [1.165, 1.54) is 0 Å². The maximum atomic E-state index is 12.5. The lowest BCUT2D eigenvalue weighted by atomic mass is 10.1. The highest BCUT2D eigenvalue weighted by molar-refractivity contribution is 7.89. The zero-order valence-electron chi connectivity index (χ0n) is 14.3. The van der Waals surface area contributed by atoms with Crippen LogP contribution in [0.15, 0.2) is 41.3 Å². The SMILES string of the molecule is CN(C)c1cccc2c(S(=O)(=O)NOCCOCCON)cccc12. The fourth-order valence-electron chi connectivity index (χ4n) is 2.36. The molecule has 0 fully saturated rings. The molecule has 3 N–H and O–H groups in total. The second kappa shape index (κ2) is 9.09. The number of sulfonamides is 1. The fourth-order valence-corrected chi connectivity index (χ4v) is 3.42. The van der Waals surface area contributed by atoms with E-state index in [9.17, 15) is 8.42 Å². The standard InChI is InChI=1S/C16H23N3O5S/c1-19(2)15-7-3-6-14-13(15)5-4-8-16(14)25(20,21)18-24-12-10-22-9-11-23-17/h3-8,18H,9-12,17H2,1-2H3. The first kappa shape index (κ1) is 19.6. The summed E-state index contributed by atoms with van der Waals surface area (Å²) in [7, 11) is 0.00174. The van der Waals surface area contributed by atoms with Crippen LogP contribution in [0.2, 0.25) is 0 Å². The topological polar surface area (TPSA) is 103 Å². The van der Waals surface area contributed by atoms with Gasteiger partial charge in [0, 0.05) is 30.6 Å². The summed E-state index contributed by atoms with van der Waals surface area (Å²) in [6.07, 6.45) is 0. The van der Waals surface area contributed by atoms with E-state index in [-0.39, 0.29) is 24.7 Å². The maximum Gasteiger partial charge on any atom is 0.263 e. The van der Waals surface area contributed by atoms with Crippen molar-refractivity contribution < 1.29 is 22.8 Å². The van der Waals surface area contributed by atoms with E-state index >= 15 is 0 Å². The van der Waals surface area contributed by atoms with E-state index in [1.807, 2.05) is 37.2 Å². The van der Waals surface area contributed by atoms with Crippen LogP contribution in [0.25, 0.3) is 10.8 Å². The van der Waals surface area contributed by atoms with Crippen molar-refractivity contribution >= 4 is 26.5 Å². The van der Waals surface area contributed by atoms with E-state index in [2.05, 4.69) is 9.72 Å². The second-order valence-electron chi connectivity index (χ2n) is 5.44. The molecule has 0 saturated carbocycles. The second-order valence-corrected chi connectivity index (χ2v) is 7.05. The molecule has 0 heterocycles. The summed E-state index contributed by atoms with van der Waals surface area (Å²) in [6.45, 7) is 0.850. The monoisotopic (exact) mass is 369 g/mol. The van der Waals surface area contributed by atoms with Gasteiger partial charge in [0.2, 0.25) is 0 Å². The molecule has 8 nitrogen and oxygen atoms in total. The number of ether oxygens (including phenoxy) is 1. The molecule has 0 saturated heterocycles. The van der Waals surface area contributed by atoms with Crippen molar-refractivity contribution in [3.8, 4) is 0 Å². The van der Waals surface area contributed by atoms with Crippen LogP contribution in [-0.2, 0) is 24.4 Å². The van der Waals surface area contributed by atoms with Crippen molar-refractivity contribution in [2.75, 3.05) is 45.4 Å². The molecule has 0 unspecified atom stereocenters. The number of fused-ring (bicyclic) bond motifs is 1. The molecule has 0 atom stereocenters. The minimum Gasteiger partial charge on any atom is -0.377 e. The van der Waals surface area contributed by atoms with Crippen LogP contribution >= 0.6 is 0 Å². The van der Waals surface area contributed by atoms with E-state index in [1.54, 1.807) is 18.2 Å². The summed E-state index contributed by atoms with van der Waals surface area (Å²) < 4.78 is 30.2.